The minimum absolute atomic E-state index is 0.336. The number of carbonyl (C=O) groups is 2. The average molecular weight is 173 g/mol. The minimum atomic E-state index is -0.712. The fourth-order valence-corrected chi connectivity index (χ4v) is 0.900. The molecule has 1 rings (SSSR count). The lowest BCUT2D eigenvalue weighted by Gasteiger charge is -2.07. The monoisotopic (exact) mass is 173 g/mol. The third-order valence-corrected chi connectivity index (χ3v) is 1.46. The summed E-state index contributed by atoms with van der Waals surface area (Å²) in [5, 5.41) is 2.42. The Balaban J connectivity index is 2.30. The Bertz CT molecular complexity index is 192. The molecule has 1 N–H and O–H groups in total. The standard InChI is InChI=1S/C7H11NO4/c1-2-8-7(10)12-5-3-4-11-6(5)9/h5H,2-4H2,1H3,(H,8,10)/t5-/m0/s1. The predicted octanol–water partition coefficient (Wildman–Crippen LogP) is 0.0480. The summed E-state index contributed by atoms with van der Waals surface area (Å²) in [5.41, 5.74) is 0. The number of hydrogen-bond acceptors (Lipinski definition) is 4. The molecule has 1 atom stereocenters. The zero-order chi connectivity index (χ0) is 8.97. The molecule has 0 aliphatic carbocycles. The highest BCUT2D eigenvalue weighted by molar-refractivity contribution is 5.80. The molecule has 12 heavy (non-hydrogen) atoms. The first kappa shape index (κ1) is 8.83. The molecule has 5 heteroatoms. The zero-order valence-corrected chi connectivity index (χ0v) is 6.83. The molecule has 1 amide bonds. The number of esters is 1. The lowest BCUT2D eigenvalue weighted by molar-refractivity contribution is -0.144. The summed E-state index contributed by atoms with van der Waals surface area (Å²) in [5.74, 6) is -0.457. The van der Waals surface area contributed by atoms with Crippen LogP contribution in [-0.2, 0) is 14.3 Å². The molecule has 0 spiro atoms. The Kier molecular flexibility index (Phi) is 2.90. The van der Waals surface area contributed by atoms with Gasteiger partial charge in [-0.25, -0.2) is 9.59 Å². The molecule has 0 bridgehead atoms. The molecular formula is C7H11NO4. The van der Waals surface area contributed by atoms with E-state index >= 15 is 0 Å². The third kappa shape index (κ3) is 2.11. The van der Waals surface area contributed by atoms with Gasteiger partial charge in [-0.2, -0.15) is 0 Å². The van der Waals surface area contributed by atoms with E-state index in [0.29, 0.717) is 19.6 Å². The van der Waals surface area contributed by atoms with Gasteiger partial charge in [0.05, 0.1) is 6.61 Å². The quantitative estimate of drug-likeness (QED) is 0.599. The maximum Gasteiger partial charge on any atom is 0.407 e. The number of alkyl carbamates (subject to hydrolysis) is 1. The Morgan fingerprint density at radius 3 is 3.08 bits per heavy atom. The van der Waals surface area contributed by atoms with Gasteiger partial charge >= 0.3 is 12.1 Å². The molecule has 0 saturated carbocycles. The molecule has 0 aromatic rings. The second-order valence-electron chi connectivity index (χ2n) is 2.38. The van der Waals surface area contributed by atoms with Gasteiger partial charge < -0.3 is 14.8 Å². The highest BCUT2D eigenvalue weighted by Crippen LogP contribution is 2.09. The first-order valence-corrected chi connectivity index (χ1v) is 3.85. The van der Waals surface area contributed by atoms with Gasteiger partial charge in [0.25, 0.3) is 0 Å². The van der Waals surface area contributed by atoms with Crippen molar-refractivity contribution in [2.24, 2.45) is 0 Å². The molecule has 1 aliphatic heterocycles. The molecule has 1 heterocycles. The number of rotatable bonds is 2. The van der Waals surface area contributed by atoms with Crippen molar-refractivity contribution in [2.45, 2.75) is 19.4 Å². The smallest absolute Gasteiger partial charge is 0.407 e. The van der Waals surface area contributed by atoms with E-state index < -0.39 is 18.2 Å². The molecule has 0 radical (unpaired) electrons. The van der Waals surface area contributed by atoms with E-state index in [1.807, 2.05) is 0 Å². The molecule has 5 nitrogen and oxygen atoms in total. The molecule has 0 aromatic heterocycles. The lowest BCUT2D eigenvalue weighted by atomic mass is 10.3. The average Bonchev–Trinajstić information content (AvgIpc) is 2.37. The Hall–Kier alpha value is -1.26. The van der Waals surface area contributed by atoms with Crippen LogP contribution in [0.2, 0.25) is 0 Å². The number of carbonyl (C=O) groups excluding carboxylic acids is 2. The molecule has 0 unspecified atom stereocenters. The molecule has 1 fully saturated rings. The summed E-state index contributed by atoms with van der Waals surface area (Å²) in [6.45, 7) is 2.59. The number of hydrogen-bond donors (Lipinski definition) is 1. The van der Waals surface area contributed by atoms with Crippen LogP contribution in [0.3, 0.4) is 0 Å². The van der Waals surface area contributed by atoms with Gasteiger partial charge in [-0.3, -0.25) is 0 Å². The first-order chi connectivity index (χ1) is 5.74. The van der Waals surface area contributed by atoms with Gasteiger partial charge in [-0.1, -0.05) is 0 Å². The van der Waals surface area contributed by atoms with Gasteiger partial charge in [-0.15, -0.1) is 0 Å². The Morgan fingerprint density at radius 1 is 1.83 bits per heavy atom. The van der Waals surface area contributed by atoms with E-state index in [1.165, 1.54) is 0 Å². The van der Waals surface area contributed by atoms with Gasteiger partial charge in [-0.05, 0) is 6.92 Å². The number of ether oxygens (including phenoxy) is 2. The molecule has 1 aliphatic rings. The van der Waals surface area contributed by atoms with E-state index in [0.717, 1.165) is 0 Å². The van der Waals surface area contributed by atoms with Crippen LogP contribution in [0.1, 0.15) is 13.3 Å². The number of nitrogens with one attached hydrogen (secondary N) is 1. The normalized spacial score (nSPS) is 21.8. The third-order valence-electron chi connectivity index (χ3n) is 1.46. The molecular weight excluding hydrogens is 162 g/mol. The van der Waals surface area contributed by atoms with Crippen molar-refractivity contribution >= 4 is 12.1 Å². The largest absolute Gasteiger partial charge is 0.463 e. The second-order valence-corrected chi connectivity index (χ2v) is 2.38. The summed E-state index contributed by atoms with van der Waals surface area (Å²) < 4.78 is 9.34. The second kappa shape index (κ2) is 3.94. The van der Waals surface area contributed by atoms with Crippen LogP contribution in [-0.4, -0.2) is 31.3 Å². The van der Waals surface area contributed by atoms with Crippen molar-refractivity contribution in [3.8, 4) is 0 Å². The zero-order valence-electron chi connectivity index (χ0n) is 6.83. The van der Waals surface area contributed by atoms with Gasteiger partial charge in [0.2, 0.25) is 6.10 Å². The van der Waals surface area contributed by atoms with E-state index in [2.05, 4.69) is 10.1 Å². The highest BCUT2D eigenvalue weighted by atomic mass is 16.6. The van der Waals surface area contributed by atoms with Crippen LogP contribution in [0.5, 0.6) is 0 Å². The SMILES string of the molecule is CCNC(=O)O[C@H]1CCOC1=O. The van der Waals surface area contributed by atoms with Crippen LogP contribution in [0.4, 0.5) is 4.79 Å². The fourth-order valence-electron chi connectivity index (χ4n) is 0.900. The van der Waals surface area contributed by atoms with Gasteiger partial charge in [0, 0.05) is 13.0 Å². The maximum atomic E-state index is 10.8. The van der Waals surface area contributed by atoms with Crippen LogP contribution in [0.15, 0.2) is 0 Å². The highest BCUT2D eigenvalue weighted by Gasteiger charge is 2.29. The number of cyclic esters (lactones) is 1. The summed E-state index contributed by atoms with van der Waals surface area (Å²) in [4.78, 5) is 21.6. The van der Waals surface area contributed by atoms with E-state index in [1.54, 1.807) is 6.92 Å². The fraction of sp³-hybridized carbons (Fsp3) is 0.714. The molecule has 0 aromatic carbocycles. The van der Waals surface area contributed by atoms with E-state index in [9.17, 15) is 9.59 Å². The Labute approximate surface area is 70.0 Å². The summed E-state index contributed by atoms with van der Waals surface area (Å²) in [7, 11) is 0. The lowest BCUT2D eigenvalue weighted by Crippen LogP contribution is -2.30. The summed E-state index contributed by atoms with van der Waals surface area (Å²) in [6.07, 6.45) is -0.825. The number of amides is 1. The topological polar surface area (TPSA) is 64.6 Å². The van der Waals surface area contributed by atoms with Crippen molar-refractivity contribution in [2.75, 3.05) is 13.2 Å². The summed E-state index contributed by atoms with van der Waals surface area (Å²) in [6, 6.07) is 0. The first-order valence-electron chi connectivity index (χ1n) is 3.85. The minimum Gasteiger partial charge on any atom is -0.463 e. The van der Waals surface area contributed by atoms with Crippen molar-refractivity contribution in [3.05, 3.63) is 0 Å². The van der Waals surface area contributed by atoms with Crippen LogP contribution in [0, 0.1) is 0 Å². The predicted molar refractivity (Wildman–Crippen MR) is 39.5 cm³/mol. The van der Waals surface area contributed by atoms with Crippen LogP contribution < -0.4 is 5.32 Å². The van der Waals surface area contributed by atoms with Crippen molar-refractivity contribution in [3.63, 3.8) is 0 Å². The maximum absolute atomic E-state index is 10.8. The Morgan fingerprint density at radius 2 is 2.58 bits per heavy atom. The van der Waals surface area contributed by atoms with Crippen molar-refractivity contribution in [1.29, 1.82) is 0 Å². The van der Waals surface area contributed by atoms with Gasteiger partial charge in [0.1, 0.15) is 0 Å². The van der Waals surface area contributed by atoms with Crippen LogP contribution >= 0.6 is 0 Å². The van der Waals surface area contributed by atoms with Crippen LogP contribution in [0.25, 0.3) is 0 Å². The van der Waals surface area contributed by atoms with E-state index in [4.69, 9.17) is 4.74 Å². The van der Waals surface area contributed by atoms with Crippen molar-refractivity contribution in [1.82, 2.24) is 5.32 Å². The molecule has 1 saturated heterocycles. The van der Waals surface area contributed by atoms with E-state index in [-0.39, 0.29) is 0 Å². The summed E-state index contributed by atoms with van der Waals surface area (Å²) >= 11 is 0. The molecule has 68 valence electrons. The van der Waals surface area contributed by atoms with Gasteiger partial charge in [0.15, 0.2) is 0 Å². The van der Waals surface area contributed by atoms with Crippen molar-refractivity contribution < 1.29 is 19.1 Å².